The molecule has 110 valence electrons. The van der Waals surface area contributed by atoms with Crippen molar-refractivity contribution in [1.29, 1.82) is 0 Å². The zero-order chi connectivity index (χ0) is 15.6. The summed E-state index contributed by atoms with van der Waals surface area (Å²) in [5.74, 6) is -3.29. The number of carbonyl (C=O) groups excluding carboxylic acids is 1. The van der Waals surface area contributed by atoms with Crippen molar-refractivity contribution in [3.8, 4) is 0 Å². The third-order valence-electron chi connectivity index (χ3n) is 3.10. The Kier molecular flexibility index (Phi) is 3.93. The molecule has 7 nitrogen and oxygen atoms in total. The zero-order valence-electron chi connectivity index (χ0n) is 11.2. The minimum absolute atomic E-state index is 0.322. The van der Waals surface area contributed by atoms with Crippen molar-refractivity contribution in [2.45, 2.75) is 19.4 Å². The maximum absolute atomic E-state index is 12.2. The van der Waals surface area contributed by atoms with Crippen molar-refractivity contribution in [1.82, 2.24) is 10.3 Å². The van der Waals surface area contributed by atoms with Gasteiger partial charge in [0, 0.05) is 16.6 Å². The highest BCUT2D eigenvalue weighted by atomic mass is 16.4. The van der Waals surface area contributed by atoms with E-state index in [1.54, 1.807) is 25.1 Å². The molecule has 0 saturated carbocycles. The molecule has 2 aromatic rings. The van der Waals surface area contributed by atoms with E-state index in [-0.39, 0.29) is 0 Å². The lowest BCUT2D eigenvalue weighted by Crippen LogP contribution is -2.42. The van der Waals surface area contributed by atoms with Crippen LogP contribution in [0.1, 0.15) is 22.5 Å². The number of H-pyrrole nitrogens is 1. The summed E-state index contributed by atoms with van der Waals surface area (Å²) in [6.45, 7) is 1.70. The highest BCUT2D eigenvalue weighted by Crippen LogP contribution is 2.21. The van der Waals surface area contributed by atoms with Crippen LogP contribution < -0.4 is 5.32 Å². The van der Waals surface area contributed by atoms with Crippen LogP contribution in [0.2, 0.25) is 0 Å². The number of aromatic nitrogens is 1. The number of amides is 1. The van der Waals surface area contributed by atoms with E-state index in [9.17, 15) is 14.4 Å². The first-order valence-electron chi connectivity index (χ1n) is 6.23. The Morgan fingerprint density at radius 3 is 2.52 bits per heavy atom. The van der Waals surface area contributed by atoms with E-state index in [0.717, 1.165) is 5.52 Å². The number of para-hydroxylation sites is 1. The van der Waals surface area contributed by atoms with E-state index in [0.29, 0.717) is 16.6 Å². The van der Waals surface area contributed by atoms with Gasteiger partial charge in [-0.05, 0) is 13.0 Å². The predicted octanol–water partition coefficient (Wildman–Crippen LogP) is 1.13. The summed E-state index contributed by atoms with van der Waals surface area (Å²) in [5.41, 5.74) is 1.67. The van der Waals surface area contributed by atoms with Gasteiger partial charge in [0.1, 0.15) is 6.04 Å². The van der Waals surface area contributed by atoms with Crippen molar-refractivity contribution in [2.75, 3.05) is 0 Å². The van der Waals surface area contributed by atoms with Gasteiger partial charge in [-0.15, -0.1) is 0 Å². The molecule has 1 aromatic carbocycles. The van der Waals surface area contributed by atoms with Crippen LogP contribution in [0, 0.1) is 6.92 Å². The Hall–Kier alpha value is -2.83. The number of aliphatic carboxylic acids is 2. The molecule has 1 amide bonds. The zero-order valence-corrected chi connectivity index (χ0v) is 11.2. The molecule has 21 heavy (non-hydrogen) atoms. The molecule has 0 aliphatic rings. The Bertz CT molecular complexity index is 719. The smallest absolute Gasteiger partial charge is 0.326 e. The second-order valence-corrected chi connectivity index (χ2v) is 4.63. The van der Waals surface area contributed by atoms with Crippen LogP contribution in [0.3, 0.4) is 0 Å². The maximum Gasteiger partial charge on any atom is 0.326 e. The summed E-state index contributed by atoms with van der Waals surface area (Å²) in [4.78, 5) is 36.9. The molecule has 1 aromatic heterocycles. The van der Waals surface area contributed by atoms with Gasteiger partial charge in [0.25, 0.3) is 5.91 Å². The summed E-state index contributed by atoms with van der Waals surface area (Å²) in [7, 11) is 0. The van der Waals surface area contributed by atoms with E-state index in [4.69, 9.17) is 10.2 Å². The summed E-state index contributed by atoms with van der Waals surface area (Å²) < 4.78 is 0. The molecule has 4 N–H and O–H groups in total. The number of aromatic amines is 1. The van der Waals surface area contributed by atoms with Gasteiger partial charge in [-0.1, -0.05) is 18.2 Å². The van der Waals surface area contributed by atoms with Crippen LogP contribution >= 0.6 is 0 Å². The topological polar surface area (TPSA) is 119 Å². The number of rotatable bonds is 5. The molecule has 0 radical (unpaired) electrons. The summed E-state index contributed by atoms with van der Waals surface area (Å²) >= 11 is 0. The summed E-state index contributed by atoms with van der Waals surface area (Å²) in [5, 5.41) is 20.6. The number of nitrogens with one attached hydrogen (secondary N) is 2. The van der Waals surface area contributed by atoms with Gasteiger partial charge in [-0.3, -0.25) is 9.59 Å². The van der Waals surface area contributed by atoms with Crippen molar-refractivity contribution in [2.24, 2.45) is 0 Å². The third-order valence-corrected chi connectivity index (χ3v) is 3.10. The standard InChI is InChI=1S/C14H14N2O5/c1-7-12(8-4-2-3-5-9(8)15-7)13(19)16-10(14(20)21)6-11(17)18/h2-5,10,15H,6H2,1H3,(H,16,19)(H,17,18)(H,20,21)/t10-/m0/s1. The van der Waals surface area contributed by atoms with Crippen LogP contribution in [-0.2, 0) is 9.59 Å². The first-order chi connectivity index (χ1) is 9.90. The number of carbonyl (C=O) groups is 3. The number of hydrogen-bond donors (Lipinski definition) is 4. The molecule has 2 rings (SSSR count). The van der Waals surface area contributed by atoms with E-state index in [2.05, 4.69) is 10.3 Å². The normalized spacial score (nSPS) is 12.0. The average Bonchev–Trinajstić information content (AvgIpc) is 2.73. The minimum atomic E-state index is -1.47. The third kappa shape index (κ3) is 3.02. The Labute approximate surface area is 119 Å². The van der Waals surface area contributed by atoms with Crippen LogP contribution in [0.4, 0.5) is 0 Å². The number of carboxylic acid groups (broad SMARTS) is 2. The molecule has 1 atom stereocenters. The first kappa shape index (κ1) is 14.6. The molecule has 0 aliphatic heterocycles. The van der Waals surface area contributed by atoms with Gasteiger partial charge in [0.2, 0.25) is 0 Å². The predicted molar refractivity (Wildman–Crippen MR) is 74.2 cm³/mol. The Morgan fingerprint density at radius 1 is 1.24 bits per heavy atom. The molecular formula is C14H14N2O5. The molecule has 0 bridgehead atoms. The fourth-order valence-corrected chi connectivity index (χ4v) is 2.17. The van der Waals surface area contributed by atoms with Gasteiger partial charge in [-0.2, -0.15) is 0 Å². The number of hydrogen-bond acceptors (Lipinski definition) is 3. The number of fused-ring (bicyclic) bond motifs is 1. The molecule has 0 saturated heterocycles. The first-order valence-corrected chi connectivity index (χ1v) is 6.23. The van der Waals surface area contributed by atoms with Crippen LogP contribution in [0.15, 0.2) is 24.3 Å². The van der Waals surface area contributed by atoms with Gasteiger partial charge in [-0.25, -0.2) is 4.79 Å². The molecular weight excluding hydrogens is 276 g/mol. The molecule has 7 heteroatoms. The number of carboxylic acids is 2. The molecule has 0 spiro atoms. The van der Waals surface area contributed by atoms with E-state index in [1.807, 2.05) is 6.07 Å². The fraction of sp³-hybridized carbons (Fsp3) is 0.214. The lowest BCUT2D eigenvalue weighted by molar-refractivity contribution is -0.145. The van der Waals surface area contributed by atoms with Crippen LogP contribution in [-0.4, -0.2) is 39.1 Å². The molecule has 0 aliphatic carbocycles. The quantitative estimate of drug-likeness (QED) is 0.658. The number of aryl methyl sites for hydroxylation is 1. The van der Waals surface area contributed by atoms with Gasteiger partial charge in [0.15, 0.2) is 0 Å². The second kappa shape index (κ2) is 5.66. The molecule has 0 unspecified atom stereocenters. The average molecular weight is 290 g/mol. The fourth-order valence-electron chi connectivity index (χ4n) is 2.17. The van der Waals surface area contributed by atoms with Crippen molar-refractivity contribution in [3.63, 3.8) is 0 Å². The SMILES string of the molecule is Cc1[nH]c2ccccc2c1C(=O)N[C@@H](CC(=O)O)C(=O)O. The highest BCUT2D eigenvalue weighted by Gasteiger charge is 2.25. The highest BCUT2D eigenvalue weighted by molar-refractivity contribution is 6.09. The van der Waals surface area contributed by atoms with Crippen molar-refractivity contribution in [3.05, 3.63) is 35.5 Å². The number of benzene rings is 1. The Balaban J connectivity index is 2.31. The largest absolute Gasteiger partial charge is 0.481 e. The second-order valence-electron chi connectivity index (χ2n) is 4.63. The van der Waals surface area contributed by atoms with Crippen LogP contribution in [0.25, 0.3) is 10.9 Å². The van der Waals surface area contributed by atoms with Crippen molar-refractivity contribution < 1.29 is 24.6 Å². The van der Waals surface area contributed by atoms with Gasteiger partial charge < -0.3 is 20.5 Å². The maximum atomic E-state index is 12.2. The van der Waals surface area contributed by atoms with Gasteiger partial charge >= 0.3 is 11.9 Å². The molecule has 1 heterocycles. The minimum Gasteiger partial charge on any atom is -0.481 e. The summed E-state index contributed by atoms with van der Waals surface area (Å²) in [6, 6.07) is 5.64. The Morgan fingerprint density at radius 2 is 1.90 bits per heavy atom. The van der Waals surface area contributed by atoms with Gasteiger partial charge in [0.05, 0.1) is 12.0 Å². The van der Waals surface area contributed by atoms with E-state index in [1.165, 1.54) is 0 Å². The molecule has 0 fully saturated rings. The lowest BCUT2D eigenvalue weighted by atomic mass is 10.1. The van der Waals surface area contributed by atoms with Crippen LogP contribution in [0.5, 0.6) is 0 Å². The summed E-state index contributed by atoms with van der Waals surface area (Å²) in [6.07, 6.45) is -0.678. The van der Waals surface area contributed by atoms with E-state index < -0.39 is 30.3 Å². The lowest BCUT2D eigenvalue weighted by Gasteiger charge is -2.12. The van der Waals surface area contributed by atoms with Crippen molar-refractivity contribution >= 4 is 28.7 Å². The van der Waals surface area contributed by atoms with E-state index >= 15 is 0 Å². The monoisotopic (exact) mass is 290 g/mol.